The Morgan fingerprint density at radius 3 is 2.55 bits per heavy atom. The van der Waals surface area contributed by atoms with Crippen LogP contribution in [0.5, 0.6) is 5.75 Å². The molecule has 0 amide bonds. The second kappa shape index (κ2) is 4.96. The van der Waals surface area contributed by atoms with Crippen LogP contribution >= 0.6 is 27.5 Å². The third-order valence-corrected chi connectivity index (χ3v) is 3.68. The van der Waals surface area contributed by atoms with E-state index in [0.717, 1.165) is 4.47 Å². The van der Waals surface area contributed by atoms with Crippen LogP contribution in [0.1, 0.15) is 16.1 Å². The number of carbonyl (C=O) groups excluding carboxylic acids is 1. The van der Waals surface area contributed by atoms with E-state index in [1.807, 2.05) is 0 Å². The maximum absolute atomic E-state index is 12.3. The van der Waals surface area contributed by atoms with Crippen LogP contribution in [0.15, 0.2) is 51.4 Å². The van der Waals surface area contributed by atoms with Crippen molar-refractivity contribution in [2.45, 2.75) is 0 Å². The zero-order chi connectivity index (χ0) is 14.3. The number of carbonyl (C=O) groups is 1. The SMILES string of the molecule is O=C(c1ccc(Cl)cc1)c1oc2ccc(Br)cc2c1O. The first-order valence-electron chi connectivity index (χ1n) is 5.77. The topological polar surface area (TPSA) is 50.4 Å². The summed E-state index contributed by atoms with van der Waals surface area (Å²) in [7, 11) is 0. The Morgan fingerprint density at radius 2 is 1.85 bits per heavy atom. The van der Waals surface area contributed by atoms with Crippen molar-refractivity contribution < 1.29 is 14.3 Å². The van der Waals surface area contributed by atoms with E-state index in [1.54, 1.807) is 42.5 Å². The minimum Gasteiger partial charge on any atom is -0.504 e. The molecule has 0 aliphatic rings. The number of furan rings is 1. The van der Waals surface area contributed by atoms with Gasteiger partial charge in [0.2, 0.25) is 11.5 Å². The van der Waals surface area contributed by atoms with Crippen molar-refractivity contribution in [1.29, 1.82) is 0 Å². The lowest BCUT2D eigenvalue weighted by atomic mass is 10.1. The molecule has 0 bridgehead atoms. The van der Waals surface area contributed by atoms with Crippen LogP contribution in [0.25, 0.3) is 11.0 Å². The molecule has 0 radical (unpaired) electrons. The molecule has 0 aliphatic heterocycles. The zero-order valence-corrected chi connectivity index (χ0v) is 12.4. The first kappa shape index (κ1) is 13.2. The normalized spacial score (nSPS) is 10.9. The second-order valence-corrected chi connectivity index (χ2v) is 5.61. The van der Waals surface area contributed by atoms with Gasteiger partial charge in [-0.1, -0.05) is 27.5 Å². The number of hydrogen-bond donors (Lipinski definition) is 1. The summed E-state index contributed by atoms with van der Waals surface area (Å²) < 4.78 is 6.24. The van der Waals surface area contributed by atoms with Crippen molar-refractivity contribution >= 4 is 44.3 Å². The van der Waals surface area contributed by atoms with Crippen LogP contribution in [0.2, 0.25) is 5.02 Å². The summed E-state index contributed by atoms with van der Waals surface area (Å²) in [5.74, 6) is -0.604. The average molecular weight is 352 g/mol. The number of rotatable bonds is 2. The summed E-state index contributed by atoms with van der Waals surface area (Å²) in [5, 5.41) is 11.2. The molecule has 20 heavy (non-hydrogen) atoms. The smallest absolute Gasteiger partial charge is 0.232 e. The molecule has 1 aromatic heterocycles. The van der Waals surface area contributed by atoms with Gasteiger partial charge in [0, 0.05) is 15.1 Å². The standard InChI is InChI=1S/C15H8BrClO3/c16-9-3-6-12-11(7-9)14(19)15(20-12)13(18)8-1-4-10(17)5-2-8/h1-7,19H. The monoisotopic (exact) mass is 350 g/mol. The highest BCUT2D eigenvalue weighted by Gasteiger charge is 2.21. The highest BCUT2D eigenvalue weighted by Crippen LogP contribution is 2.35. The lowest BCUT2D eigenvalue weighted by Crippen LogP contribution is -1.99. The van der Waals surface area contributed by atoms with Crippen LogP contribution in [0.4, 0.5) is 0 Å². The van der Waals surface area contributed by atoms with Crippen LogP contribution in [0.3, 0.4) is 0 Å². The predicted molar refractivity (Wildman–Crippen MR) is 80.5 cm³/mol. The number of halogens is 2. The van der Waals surface area contributed by atoms with E-state index in [4.69, 9.17) is 16.0 Å². The molecule has 0 atom stereocenters. The quantitative estimate of drug-likeness (QED) is 0.676. The molecule has 0 saturated carbocycles. The molecule has 0 saturated heterocycles. The van der Waals surface area contributed by atoms with Gasteiger partial charge >= 0.3 is 0 Å². The molecule has 1 N–H and O–H groups in total. The van der Waals surface area contributed by atoms with Gasteiger partial charge in [0.05, 0.1) is 5.39 Å². The Balaban J connectivity index is 2.12. The minimum atomic E-state index is -0.383. The number of benzene rings is 2. The molecule has 0 aliphatic carbocycles. The molecule has 3 rings (SSSR count). The zero-order valence-electron chi connectivity index (χ0n) is 10.1. The van der Waals surface area contributed by atoms with Crippen molar-refractivity contribution in [2.24, 2.45) is 0 Å². The molecule has 0 fully saturated rings. The fourth-order valence-corrected chi connectivity index (χ4v) is 2.43. The third kappa shape index (κ3) is 2.21. The third-order valence-electron chi connectivity index (χ3n) is 2.94. The Hall–Kier alpha value is -1.78. The van der Waals surface area contributed by atoms with Gasteiger partial charge in [-0.3, -0.25) is 4.79 Å². The van der Waals surface area contributed by atoms with Crippen molar-refractivity contribution in [3.05, 3.63) is 63.3 Å². The van der Waals surface area contributed by atoms with Crippen molar-refractivity contribution in [3.63, 3.8) is 0 Å². The molecular weight excluding hydrogens is 344 g/mol. The van der Waals surface area contributed by atoms with Gasteiger partial charge < -0.3 is 9.52 Å². The van der Waals surface area contributed by atoms with E-state index in [0.29, 0.717) is 21.6 Å². The summed E-state index contributed by atoms with van der Waals surface area (Å²) in [6.07, 6.45) is 0. The molecule has 0 unspecified atom stereocenters. The summed E-state index contributed by atoms with van der Waals surface area (Å²) >= 11 is 9.10. The van der Waals surface area contributed by atoms with Gasteiger partial charge in [0.25, 0.3) is 0 Å². The Bertz CT molecular complexity index is 806. The van der Waals surface area contributed by atoms with Crippen LogP contribution < -0.4 is 0 Å². The first-order valence-corrected chi connectivity index (χ1v) is 6.94. The van der Waals surface area contributed by atoms with Gasteiger partial charge in [-0.05, 0) is 42.5 Å². The van der Waals surface area contributed by atoms with Crippen LogP contribution in [0, 0.1) is 0 Å². The number of aromatic hydroxyl groups is 1. The fourth-order valence-electron chi connectivity index (χ4n) is 1.94. The summed E-state index contributed by atoms with van der Waals surface area (Å²) in [4.78, 5) is 12.3. The Morgan fingerprint density at radius 1 is 1.15 bits per heavy atom. The number of fused-ring (bicyclic) bond motifs is 1. The van der Waals surface area contributed by atoms with Crippen LogP contribution in [-0.4, -0.2) is 10.9 Å². The molecule has 3 aromatic rings. The number of ketones is 1. The van der Waals surface area contributed by atoms with E-state index in [1.165, 1.54) is 0 Å². The van der Waals surface area contributed by atoms with E-state index in [2.05, 4.69) is 15.9 Å². The molecular formula is C15H8BrClO3. The average Bonchev–Trinajstić information content (AvgIpc) is 2.76. The fraction of sp³-hybridized carbons (Fsp3) is 0. The van der Waals surface area contributed by atoms with E-state index < -0.39 is 0 Å². The molecule has 3 nitrogen and oxygen atoms in total. The molecule has 5 heteroatoms. The number of hydrogen-bond acceptors (Lipinski definition) is 3. The maximum Gasteiger partial charge on any atom is 0.232 e. The predicted octanol–water partition coefficient (Wildman–Crippen LogP) is 4.79. The minimum absolute atomic E-state index is 0.0691. The highest BCUT2D eigenvalue weighted by molar-refractivity contribution is 9.10. The van der Waals surface area contributed by atoms with E-state index >= 15 is 0 Å². The van der Waals surface area contributed by atoms with Crippen molar-refractivity contribution in [2.75, 3.05) is 0 Å². The van der Waals surface area contributed by atoms with Gasteiger partial charge in [-0.15, -0.1) is 0 Å². The lowest BCUT2D eigenvalue weighted by Gasteiger charge is -1.98. The first-order chi connectivity index (χ1) is 9.56. The lowest BCUT2D eigenvalue weighted by molar-refractivity contribution is 0.101. The van der Waals surface area contributed by atoms with Gasteiger partial charge in [0.1, 0.15) is 5.58 Å². The summed E-state index contributed by atoms with van der Waals surface area (Å²) in [5.41, 5.74) is 0.867. The molecule has 1 heterocycles. The van der Waals surface area contributed by atoms with Crippen LogP contribution in [-0.2, 0) is 0 Å². The highest BCUT2D eigenvalue weighted by atomic mass is 79.9. The van der Waals surface area contributed by atoms with Gasteiger partial charge in [-0.25, -0.2) is 0 Å². The van der Waals surface area contributed by atoms with Gasteiger partial charge in [-0.2, -0.15) is 0 Å². The molecule has 0 spiro atoms. The molecule has 2 aromatic carbocycles. The van der Waals surface area contributed by atoms with E-state index in [9.17, 15) is 9.90 Å². The summed E-state index contributed by atoms with van der Waals surface area (Å²) in [6, 6.07) is 11.6. The Labute approximate surface area is 127 Å². The van der Waals surface area contributed by atoms with Gasteiger partial charge in [0.15, 0.2) is 5.75 Å². The second-order valence-electron chi connectivity index (χ2n) is 4.26. The van der Waals surface area contributed by atoms with Crippen molar-refractivity contribution in [1.82, 2.24) is 0 Å². The van der Waals surface area contributed by atoms with E-state index in [-0.39, 0.29) is 17.3 Å². The van der Waals surface area contributed by atoms with Crippen molar-refractivity contribution in [3.8, 4) is 5.75 Å². The Kier molecular flexibility index (Phi) is 3.28. The summed E-state index contributed by atoms with van der Waals surface area (Å²) in [6.45, 7) is 0. The largest absolute Gasteiger partial charge is 0.504 e. The molecule has 100 valence electrons. The maximum atomic E-state index is 12.3.